The predicted molar refractivity (Wildman–Crippen MR) is 79.4 cm³/mol. The van der Waals surface area contributed by atoms with Gasteiger partial charge in [-0.2, -0.15) is 0 Å². The van der Waals surface area contributed by atoms with E-state index in [1.165, 1.54) is 11.6 Å². The minimum Gasteiger partial charge on any atom is -0.449 e. The molecule has 1 amide bonds. The van der Waals surface area contributed by atoms with Crippen LogP contribution < -0.4 is 5.32 Å². The summed E-state index contributed by atoms with van der Waals surface area (Å²) in [5.41, 5.74) is 1.89. The number of benzene rings is 1. The second-order valence-electron chi connectivity index (χ2n) is 4.43. The molecule has 0 unspecified atom stereocenters. The van der Waals surface area contributed by atoms with Crippen molar-refractivity contribution in [3.8, 4) is 0 Å². The van der Waals surface area contributed by atoms with Crippen molar-refractivity contribution >= 4 is 17.6 Å². The fourth-order valence-electron chi connectivity index (χ4n) is 1.55. The number of hydrogen-bond donors (Lipinski definition) is 1. The average Bonchev–Trinajstić information content (AvgIpc) is 2.45. The van der Waals surface area contributed by atoms with Crippen molar-refractivity contribution in [1.82, 2.24) is 0 Å². The smallest absolute Gasteiger partial charge is 0.331 e. The molecule has 1 atom stereocenters. The zero-order chi connectivity index (χ0) is 15.0. The number of carbonyl (C=O) groups excluding carboxylic acids is 2. The lowest BCUT2D eigenvalue weighted by Gasteiger charge is -2.12. The summed E-state index contributed by atoms with van der Waals surface area (Å²) < 4.78 is 4.99. The summed E-state index contributed by atoms with van der Waals surface area (Å²) in [6.45, 7) is 5.53. The highest BCUT2D eigenvalue weighted by Crippen LogP contribution is 2.10. The third kappa shape index (κ3) is 5.26. The topological polar surface area (TPSA) is 55.4 Å². The van der Waals surface area contributed by atoms with Crippen molar-refractivity contribution in [1.29, 1.82) is 0 Å². The molecule has 0 bridgehead atoms. The second-order valence-corrected chi connectivity index (χ2v) is 4.43. The summed E-state index contributed by atoms with van der Waals surface area (Å²) >= 11 is 0. The van der Waals surface area contributed by atoms with E-state index < -0.39 is 12.1 Å². The molecule has 1 aromatic carbocycles. The van der Waals surface area contributed by atoms with Crippen LogP contribution in [0.3, 0.4) is 0 Å². The van der Waals surface area contributed by atoms with Crippen LogP contribution in [-0.2, 0) is 20.7 Å². The number of allylic oxidation sites excluding steroid dienone is 1. The first kappa shape index (κ1) is 16.0. The maximum Gasteiger partial charge on any atom is 0.331 e. The highest BCUT2D eigenvalue weighted by molar-refractivity contribution is 5.95. The molecule has 0 aliphatic carbocycles. The number of aryl methyl sites for hydroxylation is 1. The number of carbonyl (C=O) groups is 2. The molecule has 1 aromatic rings. The first-order chi connectivity index (χ1) is 9.56. The Kier molecular flexibility index (Phi) is 6.50. The first-order valence-electron chi connectivity index (χ1n) is 6.83. The van der Waals surface area contributed by atoms with Crippen molar-refractivity contribution in [2.45, 2.75) is 39.7 Å². The minimum atomic E-state index is -0.824. The van der Waals surface area contributed by atoms with E-state index in [1.54, 1.807) is 13.0 Å². The zero-order valence-electron chi connectivity index (χ0n) is 12.2. The Morgan fingerprint density at radius 3 is 2.45 bits per heavy atom. The van der Waals surface area contributed by atoms with Gasteiger partial charge in [0.1, 0.15) is 0 Å². The van der Waals surface area contributed by atoms with Crippen LogP contribution in [0, 0.1) is 0 Å². The standard InChI is InChI=1S/C16H21NO3/c1-4-6-7-15(18)20-12(3)16(19)17-14-10-8-13(5-2)9-11-14/h6-12H,4-5H2,1-3H3,(H,17,19)/b7-6+/t12-/m0/s1. The molecule has 0 aliphatic heterocycles. The highest BCUT2D eigenvalue weighted by Gasteiger charge is 2.16. The number of nitrogens with one attached hydrogen (secondary N) is 1. The van der Waals surface area contributed by atoms with E-state index in [0.29, 0.717) is 5.69 Å². The van der Waals surface area contributed by atoms with Crippen molar-refractivity contribution in [3.63, 3.8) is 0 Å². The Balaban J connectivity index is 2.52. The van der Waals surface area contributed by atoms with Crippen LogP contribution in [0.1, 0.15) is 32.8 Å². The zero-order valence-corrected chi connectivity index (χ0v) is 12.2. The van der Waals surface area contributed by atoms with Crippen LogP contribution in [0.25, 0.3) is 0 Å². The lowest BCUT2D eigenvalue weighted by molar-refractivity contribution is -0.148. The molecule has 0 heterocycles. The summed E-state index contributed by atoms with van der Waals surface area (Å²) in [7, 11) is 0. The van der Waals surface area contributed by atoms with Gasteiger partial charge in [0, 0.05) is 11.8 Å². The molecule has 20 heavy (non-hydrogen) atoms. The van der Waals surface area contributed by atoms with Crippen LogP contribution in [-0.4, -0.2) is 18.0 Å². The Bertz CT molecular complexity index is 477. The summed E-state index contributed by atoms with van der Waals surface area (Å²) in [6.07, 6.45) is 3.90. The van der Waals surface area contributed by atoms with E-state index in [9.17, 15) is 9.59 Å². The number of hydrogen-bond acceptors (Lipinski definition) is 3. The first-order valence-corrected chi connectivity index (χ1v) is 6.83. The van der Waals surface area contributed by atoms with Crippen molar-refractivity contribution in [3.05, 3.63) is 42.0 Å². The monoisotopic (exact) mass is 275 g/mol. The Hall–Kier alpha value is -2.10. The van der Waals surface area contributed by atoms with Crippen molar-refractivity contribution in [2.75, 3.05) is 5.32 Å². The molecule has 4 nitrogen and oxygen atoms in total. The predicted octanol–water partition coefficient (Wildman–Crippen LogP) is 3.09. The molecule has 0 aliphatic rings. The quantitative estimate of drug-likeness (QED) is 0.641. The summed E-state index contributed by atoms with van der Waals surface area (Å²) in [6, 6.07) is 7.58. The summed E-state index contributed by atoms with van der Waals surface area (Å²) in [5.74, 6) is -0.844. The van der Waals surface area contributed by atoms with Gasteiger partial charge in [-0.1, -0.05) is 32.1 Å². The van der Waals surface area contributed by atoms with Gasteiger partial charge in [-0.25, -0.2) is 4.79 Å². The molecule has 1 N–H and O–H groups in total. The van der Waals surface area contributed by atoms with E-state index in [0.717, 1.165) is 12.8 Å². The largest absolute Gasteiger partial charge is 0.449 e. The van der Waals surface area contributed by atoms with Crippen molar-refractivity contribution in [2.24, 2.45) is 0 Å². The third-order valence-electron chi connectivity index (χ3n) is 2.78. The summed E-state index contributed by atoms with van der Waals surface area (Å²) in [4.78, 5) is 23.2. The van der Waals surface area contributed by atoms with Gasteiger partial charge in [0.05, 0.1) is 0 Å². The molecule has 0 radical (unpaired) electrons. The van der Waals surface area contributed by atoms with E-state index >= 15 is 0 Å². The van der Waals surface area contributed by atoms with Gasteiger partial charge >= 0.3 is 5.97 Å². The van der Waals surface area contributed by atoms with E-state index in [1.807, 2.05) is 31.2 Å². The van der Waals surface area contributed by atoms with Gasteiger partial charge in [-0.15, -0.1) is 0 Å². The number of esters is 1. The maximum absolute atomic E-state index is 11.9. The van der Waals surface area contributed by atoms with E-state index in [-0.39, 0.29) is 5.91 Å². The Labute approximate surface area is 119 Å². The van der Waals surface area contributed by atoms with Crippen LogP contribution in [0.5, 0.6) is 0 Å². The van der Waals surface area contributed by atoms with Crippen LogP contribution in [0.4, 0.5) is 5.69 Å². The molecule has 0 saturated carbocycles. The van der Waals surface area contributed by atoms with Crippen LogP contribution >= 0.6 is 0 Å². The number of ether oxygens (including phenoxy) is 1. The lowest BCUT2D eigenvalue weighted by Crippen LogP contribution is -2.29. The molecule has 0 fully saturated rings. The van der Waals surface area contributed by atoms with Crippen LogP contribution in [0.15, 0.2) is 36.4 Å². The molecule has 108 valence electrons. The van der Waals surface area contributed by atoms with Gasteiger partial charge in [-0.3, -0.25) is 4.79 Å². The molecule has 0 saturated heterocycles. The average molecular weight is 275 g/mol. The molecular formula is C16H21NO3. The van der Waals surface area contributed by atoms with Crippen LogP contribution in [0.2, 0.25) is 0 Å². The fraction of sp³-hybridized carbons (Fsp3) is 0.375. The van der Waals surface area contributed by atoms with Gasteiger partial charge < -0.3 is 10.1 Å². The third-order valence-corrected chi connectivity index (χ3v) is 2.78. The molecule has 0 aromatic heterocycles. The second kappa shape index (κ2) is 8.15. The van der Waals surface area contributed by atoms with E-state index in [2.05, 4.69) is 12.2 Å². The number of amides is 1. The van der Waals surface area contributed by atoms with Crippen molar-refractivity contribution < 1.29 is 14.3 Å². The SMILES string of the molecule is CC/C=C/C(=O)O[C@@H](C)C(=O)Nc1ccc(CC)cc1. The van der Waals surface area contributed by atoms with E-state index in [4.69, 9.17) is 4.74 Å². The van der Waals surface area contributed by atoms with Gasteiger partial charge in [0.15, 0.2) is 6.10 Å². The molecule has 0 spiro atoms. The fourth-order valence-corrected chi connectivity index (χ4v) is 1.55. The Morgan fingerprint density at radius 1 is 1.25 bits per heavy atom. The number of rotatable bonds is 6. The summed E-state index contributed by atoms with van der Waals surface area (Å²) in [5, 5.41) is 2.71. The minimum absolute atomic E-state index is 0.340. The Morgan fingerprint density at radius 2 is 1.90 bits per heavy atom. The molecular weight excluding hydrogens is 254 g/mol. The lowest BCUT2D eigenvalue weighted by atomic mass is 10.1. The number of anilines is 1. The molecule has 1 rings (SSSR count). The van der Waals surface area contributed by atoms with Gasteiger partial charge in [0.25, 0.3) is 5.91 Å². The molecule has 4 heteroatoms. The normalized spacial score (nSPS) is 12.2. The van der Waals surface area contributed by atoms with Gasteiger partial charge in [-0.05, 0) is 37.5 Å². The highest BCUT2D eigenvalue weighted by atomic mass is 16.5. The van der Waals surface area contributed by atoms with Gasteiger partial charge in [0.2, 0.25) is 0 Å². The maximum atomic E-state index is 11.9.